The van der Waals surface area contributed by atoms with E-state index in [0.717, 1.165) is 26.0 Å². The van der Waals surface area contributed by atoms with Crippen molar-refractivity contribution in [1.82, 2.24) is 5.32 Å². The average molecular weight is 359 g/mol. The fraction of sp³-hybridized carbons (Fsp3) is 0.947. The second-order valence-electron chi connectivity index (χ2n) is 9.45. The standard InChI is InChI=1S/C19H34N2O2.ClH/c1-17(2)9-7-13(8-10-17)12-21-16(22)19(20)14-6-5-11-23-15(14)18(19,3)4;/h13-15H,5-12,20H2,1-4H3,(H,21,22);1H. The molecule has 24 heavy (non-hydrogen) atoms. The predicted molar refractivity (Wildman–Crippen MR) is 99.2 cm³/mol. The minimum absolute atomic E-state index is 0. The molecule has 3 fully saturated rings. The van der Waals surface area contributed by atoms with Crippen LogP contribution in [0.3, 0.4) is 0 Å². The molecule has 0 bridgehead atoms. The van der Waals surface area contributed by atoms with Crippen molar-refractivity contribution in [2.24, 2.45) is 28.4 Å². The van der Waals surface area contributed by atoms with Gasteiger partial charge in [-0.1, -0.05) is 27.7 Å². The number of carbonyl (C=O) groups is 1. The summed E-state index contributed by atoms with van der Waals surface area (Å²) in [7, 11) is 0. The van der Waals surface area contributed by atoms with Crippen LogP contribution in [0.1, 0.15) is 66.2 Å². The number of amides is 1. The molecule has 4 nitrogen and oxygen atoms in total. The van der Waals surface area contributed by atoms with Crippen LogP contribution in [0, 0.1) is 22.7 Å². The topological polar surface area (TPSA) is 64.4 Å². The highest BCUT2D eigenvalue weighted by Crippen LogP contribution is 2.57. The molecule has 3 rings (SSSR count). The highest BCUT2D eigenvalue weighted by atomic mass is 35.5. The number of rotatable bonds is 3. The smallest absolute Gasteiger partial charge is 0.241 e. The van der Waals surface area contributed by atoms with Crippen molar-refractivity contribution < 1.29 is 9.53 Å². The molecule has 1 amide bonds. The Labute approximate surface area is 153 Å². The summed E-state index contributed by atoms with van der Waals surface area (Å²) < 4.78 is 5.90. The molecule has 1 aliphatic heterocycles. The van der Waals surface area contributed by atoms with Gasteiger partial charge in [-0.3, -0.25) is 4.79 Å². The maximum atomic E-state index is 12.9. The lowest BCUT2D eigenvalue weighted by Gasteiger charge is -2.65. The van der Waals surface area contributed by atoms with Crippen molar-refractivity contribution in [1.29, 1.82) is 0 Å². The number of fused-ring (bicyclic) bond motifs is 1. The largest absolute Gasteiger partial charge is 0.377 e. The summed E-state index contributed by atoms with van der Waals surface area (Å²) in [6, 6.07) is 0. The second kappa shape index (κ2) is 6.77. The van der Waals surface area contributed by atoms with Gasteiger partial charge in [-0.05, 0) is 49.9 Å². The van der Waals surface area contributed by atoms with E-state index in [1.54, 1.807) is 0 Å². The zero-order valence-electron chi connectivity index (χ0n) is 15.7. The van der Waals surface area contributed by atoms with Crippen LogP contribution in [0.15, 0.2) is 0 Å². The fourth-order valence-corrected chi connectivity index (χ4v) is 5.08. The lowest BCUT2D eigenvalue weighted by molar-refractivity contribution is -0.225. The molecule has 0 aromatic rings. The molecule has 1 heterocycles. The van der Waals surface area contributed by atoms with E-state index in [0.29, 0.717) is 11.3 Å². The van der Waals surface area contributed by atoms with E-state index in [-0.39, 0.29) is 35.8 Å². The van der Waals surface area contributed by atoms with Gasteiger partial charge in [0, 0.05) is 24.5 Å². The Hall–Kier alpha value is -0.320. The zero-order chi connectivity index (χ0) is 16.9. The number of halogens is 1. The van der Waals surface area contributed by atoms with E-state index >= 15 is 0 Å². The lowest BCUT2D eigenvalue weighted by atomic mass is 9.46. The molecule has 140 valence electrons. The van der Waals surface area contributed by atoms with Gasteiger partial charge in [0.05, 0.1) is 6.10 Å². The van der Waals surface area contributed by atoms with Gasteiger partial charge in [-0.2, -0.15) is 0 Å². The van der Waals surface area contributed by atoms with E-state index in [9.17, 15) is 4.79 Å². The molecule has 0 aromatic carbocycles. The summed E-state index contributed by atoms with van der Waals surface area (Å²) in [6.07, 6.45) is 7.10. The van der Waals surface area contributed by atoms with Crippen LogP contribution in [0.5, 0.6) is 0 Å². The van der Waals surface area contributed by atoms with Crippen LogP contribution in [-0.2, 0) is 9.53 Å². The van der Waals surface area contributed by atoms with Crippen molar-refractivity contribution in [2.75, 3.05) is 13.2 Å². The fourth-order valence-electron chi connectivity index (χ4n) is 5.08. The van der Waals surface area contributed by atoms with Crippen LogP contribution in [0.25, 0.3) is 0 Å². The number of hydrogen-bond acceptors (Lipinski definition) is 3. The summed E-state index contributed by atoms with van der Waals surface area (Å²) in [5.74, 6) is 0.827. The first-order chi connectivity index (χ1) is 10.7. The maximum Gasteiger partial charge on any atom is 0.241 e. The quantitative estimate of drug-likeness (QED) is 0.813. The van der Waals surface area contributed by atoms with Gasteiger partial charge < -0.3 is 15.8 Å². The molecule has 1 saturated heterocycles. The third kappa shape index (κ3) is 3.10. The summed E-state index contributed by atoms with van der Waals surface area (Å²) in [5, 5.41) is 3.19. The van der Waals surface area contributed by atoms with Crippen LogP contribution >= 0.6 is 12.4 Å². The van der Waals surface area contributed by atoms with Crippen LogP contribution in [0.4, 0.5) is 0 Å². The van der Waals surface area contributed by atoms with E-state index in [2.05, 4.69) is 33.0 Å². The molecule has 3 aliphatic rings. The minimum Gasteiger partial charge on any atom is -0.377 e. The van der Waals surface area contributed by atoms with Crippen molar-refractivity contribution in [3.05, 3.63) is 0 Å². The molecule has 3 atom stereocenters. The van der Waals surface area contributed by atoms with Crippen molar-refractivity contribution >= 4 is 18.3 Å². The van der Waals surface area contributed by atoms with Gasteiger partial charge in [0.25, 0.3) is 0 Å². The van der Waals surface area contributed by atoms with Gasteiger partial charge in [0.15, 0.2) is 0 Å². The Balaban J connectivity index is 0.00000208. The van der Waals surface area contributed by atoms with Crippen molar-refractivity contribution in [3.8, 4) is 0 Å². The SMILES string of the molecule is CC1(C)CCC(CNC(=O)C2(N)C3CCCOC3C2(C)C)CC1.Cl. The van der Waals surface area contributed by atoms with E-state index in [1.165, 1.54) is 25.7 Å². The number of nitrogens with one attached hydrogen (secondary N) is 1. The molecule has 0 radical (unpaired) electrons. The van der Waals surface area contributed by atoms with E-state index in [1.807, 2.05) is 0 Å². The van der Waals surface area contributed by atoms with Gasteiger partial charge in [0.2, 0.25) is 5.91 Å². The number of carbonyl (C=O) groups excluding carboxylic acids is 1. The first-order valence-electron chi connectivity index (χ1n) is 9.37. The summed E-state index contributed by atoms with van der Waals surface area (Å²) in [5.41, 5.74) is 6.06. The third-order valence-corrected chi connectivity index (χ3v) is 7.07. The Morgan fingerprint density at radius 1 is 1.17 bits per heavy atom. The highest BCUT2D eigenvalue weighted by molar-refractivity contribution is 5.89. The molecule has 2 aliphatic carbocycles. The molecular formula is C19H35ClN2O2. The molecule has 5 heteroatoms. The van der Waals surface area contributed by atoms with Crippen LogP contribution < -0.4 is 11.1 Å². The third-order valence-electron chi connectivity index (χ3n) is 7.07. The van der Waals surface area contributed by atoms with Gasteiger partial charge >= 0.3 is 0 Å². The molecule has 3 unspecified atom stereocenters. The highest BCUT2D eigenvalue weighted by Gasteiger charge is 2.70. The Morgan fingerprint density at radius 2 is 1.79 bits per heavy atom. The number of ether oxygens (including phenoxy) is 1. The second-order valence-corrected chi connectivity index (χ2v) is 9.45. The molecule has 0 spiro atoms. The first-order valence-corrected chi connectivity index (χ1v) is 9.37. The van der Waals surface area contributed by atoms with Gasteiger partial charge in [-0.15, -0.1) is 12.4 Å². The molecule has 0 aromatic heterocycles. The van der Waals surface area contributed by atoms with Gasteiger partial charge in [-0.25, -0.2) is 0 Å². The minimum atomic E-state index is -0.772. The first kappa shape index (κ1) is 20.0. The average Bonchev–Trinajstić information content (AvgIpc) is 2.52. The van der Waals surface area contributed by atoms with E-state index in [4.69, 9.17) is 10.5 Å². The lowest BCUT2D eigenvalue weighted by Crippen LogP contribution is -2.82. The summed E-state index contributed by atoms with van der Waals surface area (Å²) >= 11 is 0. The van der Waals surface area contributed by atoms with Crippen LogP contribution in [0.2, 0.25) is 0 Å². The van der Waals surface area contributed by atoms with Gasteiger partial charge in [0.1, 0.15) is 5.54 Å². The van der Waals surface area contributed by atoms with Crippen molar-refractivity contribution in [3.63, 3.8) is 0 Å². The maximum absolute atomic E-state index is 12.9. The Bertz CT molecular complexity index is 470. The van der Waals surface area contributed by atoms with E-state index < -0.39 is 5.54 Å². The molecule has 3 N–H and O–H groups in total. The predicted octanol–water partition coefficient (Wildman–Crippen LogP) is 3.27. The van der Waals surface area contributed by atoms with Crippen molar-refractivity contribution in [2.45, 2.75) is 77.9 Å². The summed E-state index contributed by atoms with van der Waals surface area (Å²) in [6.45, 7) is 10.4. The monoisotopic (exact) mass is 358 g/mol. The zero-order valence-corrected chi connectivity index (χ0v) is 16.5. The number of hydrogen-bond donors (Lipinski definition) is 2. The normalized spacial score (nSPS) is 37.5. The van der Waals surface area contributed by atoms with Crippen LogP contribution in [-0.4, -0.2) is 30.7 Å². The number of nitrogens with two attached hydrogens (primary N) is 1. The Morgan fingerprint density at radius 3 is 2.42 bits per heavy atom. The summed E-state index contributed by atoms with van der Waals surface area (Å²) in [4.78, 5) is 12.9. The molecule has 2 saturated carbocycles. The Kier molecular flexibility index (Phi) is 5.64. The molecular weight excluding hydrogens is 324 g/mol.